The van der Waals surface area contributed by atoms with Crippen molar-refractivity contribution in [3.63, 3.8) is 0 Å². The lowest BCUT2D eigenvalue weighted by Gasteiger charge is -2.26. The standard InChI is InChI=1S/C13H17ClFNO/c14-10-4-9(5-11(15)6-10)8-16-12-2-1-3-13(17)7-12/h4-6,12-13,16-17H,1-3,7-8H2. The normalized spacial score (nSPS) is 24.9. The number of halogens is 2. The van der Waals surface area contributed by atoms with Crippen LogP contribution in [0.2, 0.25) is 5.02 Å². The van der Waals surface area contributed by atoms with Crippen LogP contribution in [-0.2, 0) is 6.54 Å². The Balaban J connectivity index is 1.88. The highest BCUT2D eigenvalue weighted by atomic mass is 35.5. The lowest BCUT2D eigenvalue weighted by molar-refractivity contribution is 0.111. The maximum Gasteiger partial charge on any atom is 0.125 e. The van der Waals surface area contributed by atoms with Gasteiger partial charge in [-0.05, 0) is 49.4 Å². The summed E-state index contributed by atoms with van der Waals surface area (Å²) in [7, 11) is 0. The molecule has 0 heterocycles. The molecule has 1 aromatic carbocycles. The van der Waals surface area contributed by atoms with Crippen LogP contribution >= 0.6 is 11.6 Å². The summed E-state index contributed by atoms with van der Waals surface area (Å²) in [6, 6.07) is 4.87. The second-order valence-corrected chi connectivity index (χ2v) is 5.11. The van der Waals surface area contributed by atoms with Gasteiger partial charge in [-0.2, -0.15) is 0 Å². The zero-order valence-electron chi connectivity index (χ0n) is 9.63. The number of hydrogen-bond acceptors (Lipinski definition) is 2. The van der Waals surface area contributed by atoms with Crippen LogP contribution in [0, 0.1) is 5.82 Å². The maximum absolute atomic E-state index is 13.1. The van der Waals surface area contributed by atoms with Crippen molar-refractivity contribution in [3.05, 3.63) is 34.6 Å². The third kappa shape index (κ3) is 3.95. The molecule has 0 saturated heterocycles. The Morgan fingerprint density at radius 1 is 1.35 bits per heavy atom. The quantitative estimate of drug-likeness (QED) is 0.873. The molecule has 0 bridgehead atoms. The molecule has 17 heavy (non-hydrogen) atoms. The van der Waals surface area contributed by atoms with Crippen molar-refractivity contribution in [1.29, 1.82) is 0 Å². The number of aliphatic hydroxyl groups is 1. The van der Waals surface area contributed by atoms with Crippen molar-refractivity contribution in [1.82, 2.24) is 5.32 Å². The highest BCUT2D eigenvalue weighted by Gasteiger charge is 2.19. The van der Waals surface area contributed by atoms with Crippen LogP contribution in [0.3, 0.4) is 0 Å². The number of nitrogens with one attached hydrogen (secondary N) is 1. The van der Waals surface area contributed by atoms with Gasteiger partial charge in [-0.3, -0.25) is 0 Å². The molecule has 94 valence electrons. The number of benzene rings is 1. The van der Waals surface area contributed by atoms with Gasteiger partial charge < -0.3 is 10.4 Å². The van der Waals surface area contributed by atoms with E-state index in [2.05, 4.69) is 5.32 Å². The van der Waals surface area contributed by atoms with Crippen molar-refractivity contribution in [2.75, 3.05) is 0 Å². The molecule has 2 N–H and O–H groups in total. The van der Waals surface area contributed by atoms with Crippen molar-refractivity contribution >= 4 is 11.6 Å². The molecule has 4 heteroatoms. The summed E-state index contributed by atoms with van der Waals surface area (Å²) in [5.41, 5.74) is 0.843. The molecule has 0 radical (unpaired) electrons. The Morgan fingerprint density at radius 3 is 2.88 bits per heavy atom. The highest BCUT2D eigenvalue weighted by molar-refractivity contribution is 6.30. The Kier molecular flexibility index (Phi) is 4.37. The van der Waals surface area contributed by atoms with Gasteiger partial charge in [-0.25, -0.2) is 4.39 Å². The van der Waals surface area contributed by atoms with Gasteiger partial charge in [0.2, 0.25) is 0 Å². The molecule has 2 nitrogen and oxygen atoms in total. The molecule has 1 fully saturated rings. The molecule has 2 unspecified atom stereocenters. The van der Waals surface area contributed by atoms with Crippen LogP contribution in [0.25, 0.3) is 0 Å². The van der Waals surface area contributed by atoms with Crippen LogP contribution in [0.1, 0.15) is 31.2 Å². The Hall–Kier alpha value is -0.640. The fraction of sp³-hybridized carbons (Fsp3) is 0.538. The molecule has 2 atom stereocenters. The van der Waals surface area contributed by atoms with Crippen LogP contribution < -0.4 is 5.32 Å². The first-order valence-corrected chi connectivity index (χ1v) is 6.37. The van der Waals surface area contributed by atoms with Gasteiger partial charge in [0.05, 0.1) is 6.10 Å². The predicted octanol–water partition coefficient (Wildman–Crippen LogP) is 2.87. The topological polar surface area (TPSA) is 32.3 Å². The van der Waals surface area contributed by atoms with Gasteiger partial charge in [0, 0.05) is 17.6 Å². The Bertz CT molecular complexity index is 365. The summed E-state index contributed by atoms with van der Waals surface area (Å²) in [6.07, 6.45) is 3.59. The molecule has 0 spiro atoms. The lowest BCUT2D eigenvalue weighted by Crippen LogP contribution is -2.35. The van der Waals surface area contributed by atoms with Crippen molar-refractivity contribution in [2.24, 2.45) is 0 Å². The SMILES string of the molecule is OC1CCCC(NCc2cc(F)cc(Cl)c2)C1. The summed E-state index contributed by atoms with van der Waals surface area (Å²) >= 11 is 5.79. The molecule has 1 aliphatic carbocycles. The summed E-state index contributed by atoms with van der Waals surface area (Å²) in [4.78, 5) is 0. The first kappa shape index (κ1) is 12.8. The Morgan fingerprint density at radius 2 is 2.18 bits per heavy atom. The molecule has 0 amide bonds. The minimum Gasteiger partial charge on any atom is -0.393 e. The van der Waals surface area contributed by atoms with Crippen molar-refractivity contribution in [2.45, 2.75) is 44.4 Å². The van der Waals surface area contributed by atoms with E-state index in [0.29, 0.717) is 17.6 Å². The van der Waals surface area contributed by atoms with Crippen molar-refractivity contribution < 1.29 is 9.50 Å². The van der Waals surface area contributed by atoms with Crippen LogP contribution in [-0.4, -0.2) is 17.3 Å². The van der Waals surface area contributed by atoms with Gasteiger partial charge in [-0.1, -0.05) is 11.6 Å². The van der Waals surface area contributed by atoms with E-state index in [-0.39, 0.29) is 11.9 Å². The third-order valence-electron chi connectivity index (χ3n) is 3.16. The molecular weight excluding hydrogens is 241 g/mol. The molecule has 2 rings (SSSR count). The fourth-order valence-corrected chi connectivity index (χ4v) is 2.57. The van der Waals surface area contributed by atoms with E-state index < -0.39 is 0 Å². The first-order valence-electron chi connectivity index (χ1n) is 6.00. The molecule has 0 aromatic heterocycles. The van der Waals surface area contributed by atoms with E-state index in [4.69, 9.17) is 11.6 Å². The molecule has 1 saturated carbocycles. The summed E-state index contributed by atoms with van der Waals surface area (Å²) in [5.74, 6) is -0.307. The summed E-state index contributed by atoms with van der Waals surface area (Å²) in [6.45, 7) is 0.592. The van der Waals surface area contributed by atoms with Crippen LogP contribution in [0.5, 0.6) is 0 Å². The highest BCUT2D eigenvalue weighted by Crippen LogP contribution is 2.19. The minimum absolute atomic E-state index is 0.197. The van der Waals surface area contributed by atoms with Crippen LogP contribution in [0.4, 0.5) is 4.39 Å². The smallest absolute Gasteiger partial charge is 0.125 e. The van der Waals surface area contributed by atoms with E-state index in [0.717, 1.165) is 31.2 Å². The number of hydrogen-bond donors (Lipinski definition) is 2. The van der Waals surface area contributed by atoms with Gasteiger partial charge >= 0.3 is 0 Å². The number of aliphatic hydroxyl groups excluding tert-OH is 1. The zero-order valence-corrected chi connectivity index (χ0v) is 10.4. The van der Waals surface area contributed by atoms with Gasteiger partial charge in [0.25, 0.3) is 0 Å². The second-order valence-electron chi connectivity index (χ2n) is 4.68. The average Bonchev–Trinajstić information content (AvgIpc) is 2.25. The monoisotopic (exact) mass is 257 g/mol. The molecule has 1 aliphatic rings. The number of rotatable bonds is 3. The minimum atomic E-state index is -0.307. The first-order chi connectivity index (χ1) is 8.13. The summed E-state index contributed by atoms with van der Waals surface area (Å²) < 4.78 is 13.1. The predicted molar refractivity (Wildman–Crippen MR) is 66.5 cm³/mol. The van der Waals surface area contributed by atoms with Crippen molar-refractivity contribution in [3.8, 4) is 0 Å². The van der Waals surface area contributed by atoms with Gasteiger partial charge in [-0.15, -0.1) is 0 Å². The van der Waals surface area contributed by atoms with E-state index in [1.165, 1.54) is 12.1 Å². The maximum atomic E-state index is 13.1. The summed E-state index contributed by atoms with van der Waals surface area (Å²) in [5, 5.41) is 13.3. The Labute approximate surface area is 106 Å². The second kappa shape index (κ2) is 5.80. The average molecular weight is 258 g/mol. The molecule has 1 aromatic rings. The zero-order chi connectivity index (χ0) is 12.3. The van der Waals surface area contributed by atoms with Crippen LogP contribution in [0.15, 0.2) is 18.2 Å². The third-order valence-corrected chi connectivity index (χ3v) is 3.38. The van der Waals surface area contributed by atoms with E-state index >= 15 is 0 Å². The van der Waals surface area contributed by atoms with E-state index in [1.807, 2.05) is 0 Å². The fourth-order valence-electron chi connectivity index (χ4n) is 2.32. The lowest BCUT2D eigenvalue weighted by atomic mass is 9.93. The molecular formula is C13H17ClFNO. The van der Waals surface area contributed by atoms with E-state index in [1.54, 1.807) is 6.07 Å². The van der Waals surface area contributed by atoms with Gasteiger partial charge in [0.1, 0.15) is 5.82 Å². The van der Waals surface area contributed by atoms with Gasteiger partial charge in [0.15, 0.2) is 0 Å². The largest absolute Gasteiger partial charge is 0.393 e. The van der Waals surface area contributed by atoms with E-state index in [9.17, 15) is 9.50 Å². The molecule has 0 aliphatic heterocycles.